The first-order chi connectivity index (χ1) is 13.5. The van der Waals surface area contributed by atoms with Gasteiger partial charge < -0.3 is 4.74 Å². The SMILES string of the molecule is Cc1ccnc(Br)c1.Cc1ccnc(N2C(=O)OCC2Cc2ccccc2)c1. The molecule has 0 spiro atoms. The number of nitrogens with zero attached hydrogens (tertiary/aromatic N) is 3. The highest BCUT2D eigenvalue weighted by molar-refractivity contribution is 9.10. The van der Waals surface area contributed by atoms with E-state index in [1.54, 1.807) is 17.3 Å². The van der Waals surface area contributed by atoms with Crippen molar-refractivity contribution in [3.63, 3.8) is 0 Å². The largest absolute Gasteiger partial charge is 0.447 e. The first-order valence-corrected chi connectivity index (χ1v) is 9.83. The van der Waals surface area contributed by atoms with Crippen LogP contribution < -0.4 is 4.90 Å². The molecule has 1 unspecified atom stereocenters. The van der Waals surface area contributed by atoms with Gasteiger partial charge in [0.15, 0.2) is 0 Å². The summed E-state index contributed by atoms with van der Waals surface area (Å²) in [7, 11) is 0. The number of hydrogen-bond donors (Lipinski definition) is 0. The molecule has 5 nitrogen and oxygen atoms in total. The van der Waals surface area contributed by atoms with Crippen molar-refractivity contribution in [1.29, 1.82) is 0 Å². The summed E-state index contributed by atoms with van der Waals surface area (Å²) in [5, 5.41) is 0. The van der Waals surface area contributed by atoms with E-state index in [0.29, 0.717) is 12.4 Å². The number of ether oxygens (including phenoxy) is 1. The first-order valence-electron chi connectivity index (χ1n) is 9.03. The minimum Gasteiger partial charge on any atom is -0.447 e. The van der Waals surface area contributed by atoms with Gasteiger partial charge in [0.05, 0.1) is 6.04 Å². The maximum absolute atomic E-state index is 12.0. The third-order valence-electron chi connectivity index (χ3n) is 4.31. The van der Waals surface area contributed by atoms with E-state index in [9.17, 15) is 4.79 Å². The third-order valence-corrected chi connectivity index (χ3v) is 4.74. The molecule has 4 rings (SSSR count). The molecule has 3 aromatic rings. The number of amides is 1. The summed E-state index contributed by atoms with van der Waals surface area (Å²) in [6.45, 7) is 4.43. The number of rotatable bonds is 3. The Bertz CT molecular complexity index is 917. The summed E-state index contributed by atoms with van der Waals surface area (Å²) in [4.78, 5) is 21.8. The van der Waals surface area contributed by atoms with Gasteiger partial charge >= 0.3 is 6.09 Å². The number of pyridine rings is 2. The van der Waals surface area contributed by atoms with Crippen LogP contribution in [0.2, 0.25) is 0 Å². The van der Waals surface area contributed by atoms with Gasteiger partial charge in [-0.05, 0) is 77.2 Å². The zero-order valence-corrected chi connectivity index (χ0v) is 17.5. The average molecular weight is 440 g/mol. The number of aryl methyl sites for hydroxylation is 2. The number of hydrogen-bond acceptors (Lipinski definition) is 4. The second kappa shape index (κ2) is 9.46. The van der Waals surface area contributed by atoms with Crippen molar-refractivity contribution in [2.24, 2.45) is 0 Å². The van der Waals surface area contributed by atoms with Crippen molar-refractivity contribution < 1.29 is 9.53 Å². The minimum atomic E-state index is -0.316. The van der Waals surface area contributed by atoms with Gasteiger partial charge in [0.1, 0.15) is 17.0 Å². The highest BCUT2D eigenvalue weighted by atomic mass is 79.9. The highest BCUT2D eigenvalue weighted by Crippen LogP contribution is 2.24. The second-order valence-corrected chi connectivity index (χ2v) is 7.45. The van der Waals surface area contributed by atoms with Crippen LogP contribution in [-0.2, 0) is 11.2 Å². The van der Waals surface area contributed by atoms with E-state index in [2.05, 4.69) is 38.0 Å². The Kier molecular flexibility index (Phi) is 6.76. The lowest BCUT2D eigenvalue weighted by molar-refractivity contribution is 0.178. The van der Waals surface area contributed by atoms with E-state index in [-0.39, 0.29) is 12.1 Å². The van der Waals surface area contributed by atoms with E-state index < -0.39 is 0 Å². The van der Waals surface area contributed by atoms with Crippen LogP contribution in [0.1, 0.15) is 16.7 Å². The molecule has 1 saturated heterocycles. The van der Waals surface area contributed by atoms with Crippen LogP contribution in [0, 0.1) is 13.8 Å². The Labute approximate surface area is 173 Å². The van der Waals surface area contributed by atoms with Crippen molar-refractivity contribution in [2.45, 2.75) is 26.3 Å². The van der Waals surface area contributed by atoms with E-state index in [1.807, 2.05) is 56.3 Å². The number of cyclic esters (lactones) is 1. The molecule has 0 saturated carbocycles. The molecule has 1 amide bonds. The molecule has 1 aliphatic heterocycles. The number of halogens is 1. The quantitative estimate of drug-likeness (QED) is 0.531. The highest BCUT2D eigenvalue weighted by Gasteiger charge is 2.35. The van der Waals surface area contributed by atoms with E-state index >= 15 is 0 Å². The molecule has 0 radical (unpaired) electrons. The van der Waals surface area contributed by atoms with Crippen LogP contribution >= 0.6 is 15.9 Å². The van der Waals surface area contributed by atoms with E-state index in [4.69, 9.17) is 4.74 Å². The molecule has 6 heteroatoms. The first kappa shape index (κ1) is 20.0. The van der Waals surface area contributed by atoms with Crippen molar-refractivity contribution in [2.75, 3.05) is 11.5 Å². The molecule has 1 atom stereocenters. The number of aromatic nitrogens is 2. The average Bonchev–Trinajstić information content (AvgIpc) is 3.03. The summed E-state index contributed by atoms with van der Waals surface area (Å²) in [6, 6.07) is 17.9. The number of benzene rings is 1. The van der Waals surface area contributed by atoms with E-state index in [1.165, 1.54) is 11.1 Å². The van der Waals surface area contributed by atoms with Gasteiger partial charge in [-0.2, -0.15) is 0 Å². The molecule has 1 fully saturated rings. The Morgan fingerprint density at radius 1 is 1.04 bits per heavy atom. The van der Waals surface area contributed by atoms with Crippen LogP contribution in [0.15, 0.2) is 71.6 Å². The Hall–Kier alpha value is -2.73. The molecule has 1 aromatic carbocycles. The summed E-state index contributed by atoms with van der Waals surface area (Å²) in [5.74, 6) is 0.661. The van der Waals surface area contributed by atoms with Gasteiger partial charge in [0, 0.05) is 12.4 Å². The van der Waals surface area contributed by atoms with Crippen LogP contribution in [0.5, 0.6) is 0 Å². The Morgan fingerprint density at radius 3 is 2.32 bits per heavy atom. The van der Waals surface area contributed by atoms with Crippen LogP contribution in [0.3, 0.4) is 0 Å². The van der Waals surface area contributed by atoms with Crippen LogP contribution in [0.25, 0.3) is 0 Å². The Balaban J connectivity index is 0.000000236. The normalized spacial score (nSPS) is 15.6. The maximum atomic E-state index is 12.0. The van der Waals surface area contributed by atoms with Crippen LogP contribution in [0.4, 0.5) is 10.6 Å². The van der Waals surface area contributed by atoms with Crippen molar-refractivity contribution in [3.8, 4) is 0 Å². The summed E-state index contributed by atoms with van der Waals surface area (Å²) >= 11 is 3.25. The molecule has 2 aromatic heterocycles. The lowest BCUT2D eigenvalue weighted by Gasteiger charge is -2.20. The molecule has 3 heterocycles. The van der Waals surface area contributed by atoms with Crippen molar-refractivity contribution in [1.82, 2.24) is 9.97 Å². The van der Waals surface area contributed by atoms with Gasteiger partial charge in [-0.1, -0.05) is 30.3 Å². The van der Waals surface area contributed by atoms with Crippen molar-refractivity contribution >= 4 is 27.8 Å². The fraction of sp³-hybridized carbons (Fsp3) is 0.227. The van der Waals surface area contributed by atoms with Gasteiger partial charge in [0.25, 0.3) is 0 Å². The predicted octanol–water partition coefficient (Wildman–Crippen LogP) is 5.11. The standard InChI is InChI=1S/C16H16N2O2.C6H6BrN/c1-12-7-8-17-15(9-12)18-14(11-20-16(18)19)10-13-5-3-2-4-6-13;1-5-2-3-8-6(7)4-5/h2-9,14H,10-11H2,1H3;2-4H,1H3. The van der Waals surface area contributed by atoms with Gasteiger partial charge in [-0.3, -0.25) is 4.90 Å². The molecule has 28 heavy (non-hydrogen) atoms. The monoisotopic (exact) mass is 439 g/mol. The number of carbonyl (C=O) groups excluding carboxylic acids is 1. The second-order valence-electron chi connectivity index (χ2n) is 6.64. The van der Waals surface area contributed by atoms with Gasteiger partial charge in [0.2, 0.25) is 0 Å². The summed E-state index contributed by atoms with van der Waals surface area (Å²) in [5.41, 5.74) is 3.49. The Morgan fingerprint density at radius 2 is 1.71 bits per heavy atom. The van der Waals surface area contributed by atoms with Crippen molar-refractivity contribution in [3.05, 3.63) is 88.3 Å². The fourth-order valence-corrected chi connectivity index (χ4v) is 3.41. The summed E-state index contributed by atoms with van der Waals surface area (Å²) in [6.07, 6.45) is 3.95. The number of anilines is 1. The molecule has 1 aliphatic rings. The zero-order chi connectivity index (χ0) is 19.9. The summed E-state index contributed by atoms with van der Waals surface area (Å²) < 4.78 is 6.09. The molecule has 0 N–H and O–H groups in total. The van der Waals surface area contributed by atoms with Crippen LogP contribution in [-0.4, -0.2) is 28.7 Å². The lowest BCUT2D eigenvalue weighted by Crippen LogP contribution is -2.35. The molecule has 0 aliphatic carbocycles. The van der Waals surface area contributed by atoms with Gasteiger partial charge in [-0.15, -0.1) is 0 Å². The minimum absolute atomic E-state index is 0.000741. The maximum Gasteiger partial charge on any atom is 0.415 e. The fourth-order valence-electron chi connectivity index (χ4n) is 2.93. The van der Waals surface area contributed by atoms with E-state index in [0.717, 1.165) is 16.6 Å². The lowest BCUT2D eigenvalue weighted by atomic mass is 10.1. The molecular weight excluding hydrogens is 418 g/mol. The topological polar surface area (TPSA) is 55.3 Å². The molecule has 144 valence electrons. The molecular formula is C22H22BrN3O2. The zero-order valence-electron chi connectivity index (χ0n) is 15.9. The van der Waals surface area contributed by atoms with Gasteiger partial charge in [-0.25, -0.2) is 14.8 Å². The smallest absolute Gasteiger partial charge is 0.415 e. The third kappa shape index (κ3) is 5.39. The predicted molar refractivity (Wildman–Crippen MR) is 113 cm³/mol. The molecule has 0 bridgehead atoms. The number of carbonyl (C=O) groups is 1.